The Bertz CT molecular complexity index is 3800. The number of nitrogens with zero attached hydrogens (tertiary/aromatic N) is 8. The van der Waals surface area contributed by atoms with E-state index in [9.17, 15) is 0 Å². The van der Waals surface area contributed by atoms with Crippen LogP contribution in [-0.4, -0.2) is 38.2 Å². The van der Waals surface area contributed by atoms with Gasteiger partial charge in [0.25, 0.3) is 0 Å². The van der Waals surface area contributed by atoms with Crippen molar-refractivity contribution < 1.29 is 9.47 Å². The van der Waals surface area contributed by atoms with E-state index in [0.717, 1.165) is 78.4 Å². The first-order valence-corrected chi connectivity index (χ1v) is 24.2. The molecule has 12 aromatic rings. The Balaban J connectivity index is 1.11. The fourth-order valence-corrected chi connectivity index (χ4v) is 11.0. The van der Waals surface area contributed by atoms with E-state index < -0.39 is 0 Å². The minimum atomic E-state index is 0.687. The van der Waals surface area contributed by atoms with E-state index in [4.69, 9.17) is 19.4 Å². The average Bonchev–Trinajstić information content (AvgIpc) is 4.14. The Kier molecular flexibility index (Phi) is 10.7. The Hall–Kier alpha value is -9.02. The number of hydrogen-bond donors (Lipinski definition) is 0. The zero-order valence-electron chi connectivity index (χ0n) is 41.6. The van der Waals surface area contributed by atoms with Crippen LogP contribution in [0.3, 0.4) is 0 Å². The molecule has 0 saturated carbocycles. The number of ether oxygens (including phenoxy) is 2. The Morgan fingerprint density at radius 3 is 1.17 bits per heavy atom. The minimum Gasteiger partial charge on any atom is -0.457 e. The van der Waals surface area contributed by atoms with Gasteiger partial charge in [-0.05, 0) is 159 Å². The lowest BCUT2D eigenvalue weighted by molar-refractivity contribution is 0.483. The van der Waals surface area contributed by atoms with Gasteiger partial charge in [-0.15, -0.1) is 0 Å². The number of imidazole rings is 2. The van der Waals surface area contributed by atoms with Crippen molar-refractivity contribution in [3.8, 4) is 79.7 Å². The quantitative estimate of drug-likeness (QED) is 0.136. The largest absolute Gasteiger partial charge is 0.457 e. The molecule has 72 heavy (non-hydrogen) atoms. The molecule has 0 saturated heterocycles. The molecule has 0 N–H and O–H groups in total. The predicted molar refractivity (Wildman–Crippen MR) is 290 cm³/mol. The summed E-state index contributed by atoms with van der Waals surface area (Å²) in [5.74, 6) is 6.07. The van der Waals surface area contributed by atoms with Gasteiger partial charge in [0.1, 0.15) is 46.3 Å². The maximum atomic E-state index is 6.76. The lowest BCUT2D eigenvalue weighted by Crippen LogP contribution is -1.99. The average molecular weight is 941 g/mol. The fraction of sp³-hybridized carbons (Fsp3) is 0.129. The Morgan fingerprint density at radius 2 is 0.778 bits per heavy atom. The highest BCUT2D eigenvalue weighted by molar-refractivity contribution is 6.20. The van der Waals surface area contributed by atoms with Crippen LogP contribution in [-0.2, 0) is 14.1 Å². The highest BCUT2D eigenvalue weighted by atomic mass is 16.5. The van der Waals surface area contributed by atoms with Crippen LogP contribution in [0, 0.1) is 41.5 Å². The number of pyridine rings is 2. The first kappa shape index (κ1) is 44.2. The lowest BCUT2D eigenvalue weighted by Gasteiger charge is -2.15. The van der Waals surface area contributed by atoms with E-state index >= 15 is 0 Å². The molecule has 6 heterocycles. The van der Waals surface area contributed by atoms with Crippen LogP contribution in [0.2, 0.25) is 0 Å². The molecule has 10 nitrogen and oxygen atoms in total. The van der Waals surface area contributed by atoms with Crippen molar-refractivity contribution in [2.75, 3.05) is 0 Å². The highest BCUT2D eigenvalue weighted by Crippen LogP contribution is 2.44. The normalized spacial score (nSPS) is 11.6. The van der Waals surface area contributed by atoms with Crippen molar-refractivity contribution in [3.05, 3.63) is 204 Å². The van der Waals surface area contributed by atoms with Gasteiger partial charge in [0.15, 0.2) is 0 Å². The van der Waals surface area contributed by atoms with Crippen molar-refractivity contribution >= 4 is 32.8 Å². The van der Waals surface area contributed by atoms with Crippen LogP contribution in [0.15, 0.2) is 171 Å². The summed E-state index contributed by atoms with van der Waals surface area (Å²) < 4.78 is 22.1. The van der Waals surface area contributed by atoms with Crippen molar-refractivity contribution in [2.24, 2.45) is 14.1 Å². The van der Waals surface area contributed by atoms with E-state index in [-0.39, 0.29) is 0 Å². The summed E-state index contributed by atoms with van der Waals surface area (Å²) in [4.78, 5) is 19.6. The van der Waals surface area contributed by atoms with Gasteiger partial charge in [-0.2, -0.15) is 0 Å². The van der Waals surface area contributed by atoms with Crippen LogP contribution < -0.4 is 9.47 Å². The van der Waals surface area contributed by atoms with Crippen LogP contribution in [0.25, 0.3) is 89.5 Å². The molecule has 0 aliphatic carbocycles. The van der Waals surface area contributed by atoms with Gasteiger partial charge in [-0.1, -0.05) is 59.7 Å². The second-order valence-corrected chi connectivity index (χ2v) is 19.1. The number of aryl methyl sites for hydroxylation is 8. The summed E-state index contributed by atoms with van der Waals surface area (Å²) in [6.07, 6.45) is 11.4. The predicted octanol–water partition coefficient (Wildman–Crippen LogP) is 15.1. The van der Waals surface area contributed by atoms with E-state index in [2.05, 4.69) is 158 Å². The summed E-state index contributed by atoms with van der Waals surface area (Å²) in [7, 11) is 3.99. The van der Waals surface area contributed by atoms with Gasteiger partial charge in [0.05, 0.1) is 22.1 Å². The second-order valence-electron chi connectivity index (χ2n) is 19.1. The highest BCUT2D eigenvalue weighted by Gasteiger charge is 2.26. The number of rotatable bonds is 10. The molecule has 6 aromatic carbocycles. The Morgan fingerprint density at radius 1 is 0.375 bits per heavy atom. The zero-order valence-corrected chi connectivity index (χ0v) is 41.6. The fourth-order valence-electron chi connectivity index (χ4n) is 11.0. The van der Waals surface area contributed by atoms with Crippen molar-refractivity contribution in [3.63, 3.8) is 0 Å². The SMILES string of the molecule is Cc1cc(C)c(-c2ccnc(-n3c4cc(Oc5cccc(-c6nccn6C)c5)ccc4c4c3c3ccc(Oc5cccc(-c6nccn6C)c5)cc3n4-c3cc(-c4c(C)cc(C)cc4C)ccn3)c2)c(C)c1. The topological polar surface area (TPSA) is 89.7 Å². The van der Waals surface area contributed by atoms with Gasteiger partial charge in [0, 0.05) is 85.3 Å². The molecule has 6 aromatic heterocycles. The van der Waals surface area contributed by atoms with Crippen LogP contribution in [0.1, 0.15) is 33.4 Å². The second kappa shape index (κ2) is 17.4. The maximum absolute atomic E-state index is 6.76. The van der Waals surface area contributed by atoms with Crippen LogP contribution in [0.5, 0.6) is 23.0 Å². The van der Waals surface area contributed by atoms with Gasteiger partial charge in [-0.25, -0.2) is 19.9 Å². The Labute approximate surface area is 418 Å². The summed E-state index contributed by atoms with van der Waals surface area (Å²) >= 11 is 0. The number of benzene rings is 6. The molecular weight excluding hydrogens is 889 g/mol. The van der Waals surface area contributed by atoms with Gasteiger partial charge < -0.3 is 18.6 Å². The third-order valence-electron chi connectivity index (χ3n) is 13.8. The smallest absolute Gasteiger partial charge is 0.139 e. The maximum Gasteiger partial charge on any atom is 0.139 e. The molecule has 0 atom stereocenters. The molecule has 0 spiro atoms. The summed E-state index contributed by atoms with van der Waals surface area (Å²) in [6, 6.07) is 46.5. The first-order valence-electron chi connectivity index (χ1n) is 24.2. The molecule has 10 heteroatoms. The minimum absolute atomic E-state index is 0.687. The van der Waals surface area contributed by atoms with Crippen LogP contribution >= 0.6 is 0 Å². The summed E-state index contributed by atoms with van der Waals surface area (Å²) in [5.41, 5.74) is 17.7. The summed E-state index contributed by atoms with van der Waals surface area (Å²) in [6.45, 7) is 13.1. The molecule has 0 bridgehead atoms. The summed E-state index contributed by atoms with van der Waals surface area (Å²) in [5, 5.41) is 2.01. The molecular formula is C62H52N8O2. The molecule has 0 fully saturated rings. The van der Waals surface area contributed by atoms with E-state index in [1.807, 2.05) is 96.8 Å². The van der Waals surface area contributed by atoms with E-state index in [1.165, 1.54) is 44.5 Å². The molecule has 0 amide bonds. The third-order valence-corrected chi connectivity index (χ3v) is 13.8. The molecule has 0 unspecified atom stereocenters. The lowest BCUT2D eigenvalue weighted by atomic mass is 9.94. The molecule has 0 aliphatic heterocycles. The molecule has 0 radical (unpaired) electrons. The molecule has 0 aliphatic rings. The molecule has 12 rings (SSSR count). The zero-order chi connectivity index (χ0) is 49.4. The van der Waals surface area contributed by atoms with E-state index in [1.54, 1.807) is 0 Å². The number of aromatic nitrogens is 8. The third kappa shape index (κ3) is 7.68. The standard InChI is InChI=1S/C62H52N8O2/c1-37-27-39(3)57(40(4)28-37)43-19-21-63-55(33-43)69-53-35-49(71-47-13-9-11-45(31-47)61-65-23-25-67(61)7)15-17-51(53)60-59(69)52-18-16-50(72-48-14-10-12-46(32-48)62-66-24-26-68(62)8)36-54(52)70(60)56-34-44(20-22-64-56)58-41(5)29-38(2)30-42(58)6/h9-36H,1-8H3. The van der Waals surface area contributed by atoms with Crippen molar-refractivity contribution in [2.45, 2.75) is 41.5 Å². The van der Waals surface area contributed by atoms with Gasteiger partial charge >= 0.3 is 0 Å². The van der Waals surface area contributed by atoms with Crippen molar-refractivity contribution in [1.29, 1.82) is 0 Å². The number of hydrogen-bond acceptors (Lipinski definition) is 6. The van der Waals surface area contributed by atoms with Crippen molar-refractivity contribution in [1.82, 2.24) is 38.2 Å². The van der Waals surface area contributed by atoms with Crippen LogP contribution in [0.4, 0.5) is 0 Å². The molecule has 352 valence electrons. The van der Waals surface area contributed by atoms with Gasteiger partial charge in [0.2, 0.25) is 0 Å². The number of fused-ring (bicyclic) bond motifs is 5. The van der Waals surface area contributed by atoms with E-state index in [0.29, 0.717) is 23.0 Å². The van der Waals surface area contributed by atoms with Gasteiger partial charge in [-0.3, -0.25) is 9.13 Å². The first-order chi connectivity index (χ1) is 34.9. The monoisotopic (exact) mass is 940 g/mol.